The van der Waals surface area contributed by atoms with Crippen LogP contribution in [0.2, 0.25) is 0 Å². The van der Waals surface area contributed by atoms with Crippen molar-refractivity contribution in [2.24, 2.45) is 0 Å². The number of rotatable bonds is 1. The van der Waals surface area contributed by atoms with Crippen molar-refractivity contribution in [1.82, 2.24) is 10.2 Å². The number of halogens is 1. The molecule has 0 aromatic heterocycles. The van der Waals surface area contributed by atoms with Crippen LogP contribution in [-0.2, 0) is 14.4 Å². The molecule has 15 heavy (non-hydrogen) atoms. The van der Waals surface area contributed by atoms with Crippen molar-refractivity contribution in [3.63, 3.8) is 0 Å². The van der Waals surface area contributed by atoms with Gasteiger partial charge in [-0.2, -0.15) is 0 Å². The summed E-state index contributed by atoms with van der Waals surface area (Å²) >= 11 is 5.65. The average Bonchev–Trinajstić information content (AvgIpc) is 2.10. The van der Waals surface area contributed by atoms with Crippen molar-refractivity contribution >= 4 is 29.3 Å². The highest BCUT2D eigenvalue weighted by Gasteiger charge is 2.44. The van der Waals surface area contributed by atoms with E-state index in [1.807, 2.05) is 0 Å². The Bertz CT molecular complexity index is 325. The molecule has 1 fully saturated rings. The van der Waals surface area contributed by atoms with Crippen LogP contribution in [-0.4, -0.2) is 40.1 Å². The third-order valence-corrected chi connectivity index (χ3v) is 2.58. The topological polar surface area (TPSA) is 66.5 Å². The van der Waals surface area contributed by atoms with Crippen LogP contribution in [0.3, 0.4) is 0 Å². The maximum absolute atomic E-state index is 11.7. The van der Waals surface area contributed by atoms with E-state index in [1.54, 1.807) is 13.8 Å². The van der Waals surface area contributed by atoms with E-state index in [9.17, 15) is 14.4 Å². The Morgan fingerprint density at radius 1 is 1.53 bits per heavy atom. The fourth-order valence-corrected chi connectivity index (χ4v) is 1.47. The molecule has 1 atom stereocenters. The van der Waals surface area contributed by atoms with Crippen LogP contribution in [0.15, 0.2) is 0 Å². The van der Waals surface area contributed by atoms with E-state index in [-0.39, 0.29) is 6.54 Å². The summed E-state index contributed by atoms with van der Waals surface area (Å²) in [7, 11) is 0. The van der Waals surface area contributed by atoms with Gasteiger partial charge in [0.25, 0.3) is 5.91 Å². The van der Waals surface area contributed by atoms with Crippen molar-refractivity contribution in [3.05, 3.63) is 0 Å². The van der Waals surface area contributed by atoms with Crippen LogP contribution in [0.4, 0.5) is 0 Å². The molecule has 1 aliphatic heterocycles. The molecule has 5 nitrogen and oxygen atoms in total. The molecule has 0 bridgehead atoms. The first-order valence-electron chi connectivity index (χ1n) is 4.56. The quantitative estimate of drug-likeness (QED) is 0.506. The largest absolute Gasteiger partial charge is 0.318 e. The summed E-state index contributed by atoms with van der Waals surface area (Å²) in [5, 5.41) is 1.43. The molecule has 0 aromatic rings. The number of piperazine rings is 1. The molecular formula is C9H13ClN2O3. The van der Waals surface area contributed by atoms with Gasteiger partial charge in [-0.3, -0.25) is 19.7 Å². The lowest BCUT2D eigenvalue weighted by molar-refractivity contribution is -0.155. The van der Waals surface area contributed by atoms with E-state index in [2.05, 4.69) is 5.32 Å². The zero-order valence-electron chi connectivity index (χ0n) is 8.83. The Morgan fingerprint density at radius 2 is 2.07 bits per heavy atom. The Labute approximate surface area is 92.8 Å². The van der Waals surface area contributed by atoms with Gasteiger partial charge in [0, 0.05) is 0 Å². The molecule has 3 amide bonds. The van der Waals surface area contributed by atoms with Gasteiger partial charge in [0.1, 0.15) is 17.5 Å². The number of hydrogen-bond acceptors (Lipinski definition) is 3. The first-order valence-corrected chi connectivity index (χ1v) is 5.00. The predicted molar refractivity (Wildman–Crippen MR) is 54.3 cm³/mol. The lowest BCUT2D eigenvalue weighted by Crippen LogP contribution is -2.66. The van der Waals surface area contributed by atoms with E-state index in [0.717, 1.165) is 0 Å². The second-order valence-corrected chi connectivity index (χ2v) is 4.63. The molecule has 1 N–H and O–H groups in total. The lowest BCUT2D eigenvalue weighted by Gasteiger charge is -2.40. The van der Waals surface area contributed by atoms with Crippen LogP contribution in [0.1, 0.15) is 20.8 Å². The number of nitrogens with zero attached hydrogens (tertiary/aromatic N) is 1. The van der Waals surface area contributed by atoms with Crippen LogP contribution in [0, 0.1) is 0 Å². The fourth-order valence-electron chi connectivity index (χ4n) is 1.35. The van der Waals surface area contributed by atoms with Crippen LogP contribution in [0.5, 0.6) is 0 Å². The number of carbonyl (C=O) groups excluding carboxylic acids is 3. The second kappa shape index (κ2) is 3.81. The Balaban J connectivity index is 2.99. The molecule has 84 valence electrons. The highest BCUT2D eigenvalue weighted by Crippen LogP contribution is 2.20. The summed E-state index contributed by atoms with van der Waals surface area (Å²) in [6.45, 7) is 4.53. The lowest BCUT2D eigenvalue weighted by atomic mass is 9.98. The fraction of sp³-hybridized carbons (Fsp3) is 0.667. The van der Waals surface area contributed by atoms with Crippen molar-refractivity contribution in [3.8, 4) is 0 Å². The van der Waals surface area contributed by atoms with Crippen molar-refractivity contribution in [2.75, 3.05) is 6.54 Å². The number of alkyl halides is 1. The van der Waals surface area contributed by atoms with E-state index in [0.29, 0.717) is 0 Å². The minimum atomic E-state index is -1.03. The molecule has 0 saturated carbocycles. The normalized spacial score (nSPS) is 22.3. The van der Waals surface area contributed by atoms with Gasteiger partial charge < -0.3 is 4.90 Å². The minimum absolute atomic E-state index is 0.130. The number of hydrogen-bond donors (Lipinski definition) is 1. The molecule has 1 unspecified atom stereocenters. The molecule has 1 aliphatic rings. The van der Waals surface area contributed by atoms with Gasteiger partial charge in [0.05, 0.1) is 0 Å². The molecule has 0 aromatic carbocycles. The summed E-state index contributed by atoms with van der Waals surface area (Å²) < 4.78 is 0. The summed E-state index contributed by atoms with van der Waals surface area (Å²) in [5.74, 6) is -1.38. The van der Waals surface area contributed by atoms with E-state index >= 15 is 0 Å². The predicted octanol–water partition coefficient (Wildman–Crippen LogP) is -0.123. The summed E-state index contributed by atoms with van der Waals surface area (Å²) in [5.41, 5.74) is -1.03. The van der Waals surface area contributed by atoms with Crippen LogP contribution in [0.25, 0.3) is 0 Å². The van der Waals surface area contributed by atoms with Gasteiger partial charge in [-0.25, -0.2) is 0 Å². The third-order valence-electron chi connectivity index (χ3n) is 2.39. The molecule has 1 saturated heterocycles. The van der Waals surface area contributed by atoms with Gasteiger partial charge in [0.2, 0.25) is 11.8 Å². The zero-order chi connectivity index (χ0) is 11.8. The molecule has 0 aliphatic carbocycles. The monoisotopic (exact) mass is 232 g/mol. The van der Waals surface area contributed by atoms with Crippen molar-refractivity contribution in [2.45, 2.75) is 31.7 Å². The Morgan fingerprint density at radius 3 is 2.53 bits per heavy atom. The summed E-state index contributed by atoms with van der Waals surface area (Å²) in [6, 6.07) is 0. The summed E-state index contributed by atoms with van der Waals surface area (Å²) in [6.07, 6.45) is 0. The van der Waals surface area contributed by atoms with Gasteiger partial charge >= 0.3 is 0 Å². The van der Waals surface area contributed by atoms with E-state index < -0.39 is 28.6 Å². The molecule has 6 heteroatoms. The van der Waals surface area contributed by atoms with E-state index in [4.69, 9.17) is 11.6 Å². The molecule has 0 spiro atoms. The molecule has 1 rings (SSSR count). The van der Waals surface area contributed by atoms with Gasteiger partial charge in [-0.05, 0) is 20.8 Å². The smallest absolute Gasteiger partial charge is 0.252 e. The Hall–Kier alpha value is -1.10. The molecule has 1 heterocycles. The first kappa shape index (κ1) is 12.0. The first-order chi connectivity index (χ1) is 6.76. The van der Waals surface area contributed by atoms with Crippen molar-refractivity contribution < 1.29 is 14.4 Å². The maximum atomic E-state index is 11.7. The maximum Gasteiger partial charge on any atom is 0.252 e. The standard InChI is InChI=1S/C9H13ClN2O3/c1-5(10)7(14)12-4-6(13)11-8(15)9(12,2)3/h5H,4H2,1-3H3,(H,11,13,15). The van der Waals surface area contributed by atoms with Gasteiger partial charge in [0.15, 0.2) is 0 Å². The highest BCUT2D eigenvalue weighted by atomic mass is 35.5. The number of nitrogens with one attached hydrogen (secondary N) is 1. The van der Waals surface area contributed by atoms with Crippen LogP contribution < -0.4 is 5.32 Å². The average molecular weight is 233 g/mol. The second-order valence-electron chi connectivity index (χ2n) is 3.98. The minimum Gasteiger partial charge on any atom is -0.318 e. The molecular weight excluding hydrogens is 220 g/mol. The van der Waals surface area contributed by atoms with Crippen molar-refractivity contribution in [1.29, 1.82) is 0 Å². The van der Waals surface area contributed by atoms with Gasteiger partial charge in [-0.15, -0.1) is 11.6 Å². The summed E-state index contributed by atoms with van der Waals surface area (Å²) in [4.78, 5) is 35.5. The number of carbonyl (C=O) groups is 3. The van der Waals surface area contributed by atoms with Crippen LogP contribution >= 0.6 is 11.6 Å². The number of amides is 3. The zero-order valence-corrected chi connectivity index (χ0v) is 9.59. The molecule has 0 radical (unpaired) electrons. The van der Waals surface area contributed by atoms with E-state index in [1.165, 1.54) is 11.8 Å². The highest BCUT2D eigenvalue weighted by molar-refractivity contribution is 6.31. The SMILES string of the molecule is CC(Cl)C(=O)N1CC(=O)NC(=O)C1(C)C. The van der Waals surface area contributed by atoms with Gasteiger partial charge in [-0.1, -0.05) is 0 Å². The Kier molecular flexibility index (Phi) is 3.04. The number of imide groups is 1. The third kappa shape index (κ3) is 2.12.